The van der Waals surface area contributed by atoms with Gasteiger partial charge in [-0.1, -0.05) is 11.8 Å². The zero-order valence-electron chi connectivity index (χ0n) is 10.8. The van der Waals surface area contributed by atoms with Gasteiger partial charge in [-0.25, -0.2) is 15.1 Å². The highest BCUT2D eigenvalue weighted by atomic mass is 32.2. The van der Waals surface area contributed by atoms with Crippen molar-refractivity contribution in [3.63, 3.8) is 0 Å². The molecule has 0 N–H and O–H groups in total. The van der Waals surface area contributed by atoms with Gasteiger partial charge in [0, 0.05) is 31.2 Å². The lowest BCUT2D eigenvalue weighted by atomic mass is 10.3. The predicted molar refractivity (Wildman–Crippen MR) is 76.0 cm³/mol. The fourth-order valence-corrected chi connectivity index (χ4v) is 3.42. The smallest absolute Gasteiger partial charge is 0.274 e. The largest absolute Gasteiger partial charge is 0.341 e. The second-order valence-corrected chi connectivity index (χ2v) is 6.30. The number of hydrogen-bond acceptors (Lipinski definition) is 5. The normalized spacial score (nSPS) is 18.1. The molecule has 0 radical (unpaired) electrons. The van der Waals surface area contributed by atoms with E-state index in [9.17, 15) is 10.1 Å². The van der Waals surface area contributed by atoms with Crippen molar-refractivity contribution in [1.82, 2.24) is 14.8 Å². The third kappa shape index (κ3) is 3.57. The van der Waals surface area contributed by atoms with Gasteiger partial charge in [0.25, 0.3) is 5.96 Å². The molecule has 2 rings (SSSR count). The minimum absolute atomic E-state index is 0.426. The number of aromatic nitrogens is 1. The average Bonchev–Trinajstić information content (AvgIpc) is 2.81. The van der Waals surface area contributed by atoms with E-state index in [-0.39, 0.29) is 0 Å². The Kier molecular flexibility index (Phi) is 4.59. The van der Waals surface area contributed by atoms with Crippen molar-refractivity contribution in [2.75, 3.05) is 26.4 Å². The molecule has 0 atom stereocenters. The molecule has 0 spiro atoms. The number of guanidine groups is 1. The predicted octanol–water partition coefficient (Wildman–Crippen LogP) is 1.55. The molecular formula is C10H15N5O2S2. The Balaban J connectivity index is 2.14. The summed E-state index contributed by atoms with van der Waals surface area (Å²) in [5.74, 6) is 0.426. The third-order valence-corrected chi connectivity index (χ3v) is 4.75. The van der Waals surface area contributed by atoms with Gasteiger partial charge in [-0.05, 0) is 12.7 Å². The maximum Gasteiger partial charge on any atom is 0.274 e. The van der Waals surface area contributed by atoms with Crippen LogP contribution in [0.1, 0.15) is 11.3 Å². The third-order valence-electron chi connectivity index (χ3n) is 2.77. The van der Waals surface area contributed by atoms with Crippen LogP contribution in [0.15, 0.2) is 15.6 Å². The lowest BCUT2D eigenvalue weighted by molar-refractivity contribution is -0.486. The summed E-state index contributed by atoms with van der Waals surface area (Å²) in [5.41, 5.74) is 0. The fraction of sp³-hybridized carbons (Fsp3) is 0.600. The van der Waals surface area contributed by atoms with E-state index in [0.717, 1.165) is 28.7 Å². The molecule has 9 heteroatoms. The van der Waals surface area contributed by atoms with Crippen molar-refractivity contribution in [1.29, 1.82) is 0 Å². The Bertz CT molecular complexity index is 490. The highest BCUT2D eigenvalue weighted by molar-refractivity contribution is 8.00. The van der Waals surface area contributed by atoms with Crippen molar-refractivity contribution in [3.05, 3.63) is 21.2 Å². The van der Waals surface area contributed by atoms with Crippen LogP contribution in [-0.2, 0) is 6.54 Å². The number of rotatable bonds is 4. The number of hydrogen-bond donors (Lipinski definition) is 0. The summed E-state index contributed by atoms with van der Waals surface area (Å²) in [6, 6.07) is 0. The van der Waals surface area contributed by atoms with Gasteiger partial charge < -0.3 is 9.80 Å². The first-order valence-corrected chi connectivity index (χ1v) is 7.82. The molecule has 1 saturated heterocycles. The average molecular weight is 301 g/mol. The summed E-state index contributed by atoms with van der Waals surface area (Å²) in [6.07, 6.45) is 4.78. The molecule has 0 saturated carbocycles. The van der Waals surface area contributed by atoms with Crippen LogP contribution in [0.3, 0.4) is 0 Å². The minimum atomic E-state index is -0.635. The Morgan fingerprint density at radius 1 is 1.63 bits per heavy atom. The first-order chi connectivity index (χ1) is 9.10. The second kappa shape index (κ2) is 6.20. The second-order valence-electron chi connectivity index (χ2n) is 4.13. The van der Waals surface area contributed by atoms with Crippen molar-refractivity contribution < 1.29 is 5.03 Å². The van der Waals surface area contributed by atoms with Crippen LogP contribution in [0.4, 0.5) is 0 Å². The van der Waals surface area contributed by atoms with Crippen molar-refractivity contribution >= 4 is 29.1 Å². The molecule has 104 valence electrons. The van der Waals surface area contributed by atoms with Crippen LogP contribution in [0.2, 0.25) is 0 Å². The van der Waals surface area contributed by atoms with E-state index in [1.165, 1.54) is 0 Å². The van der Waals surface area contributed by atoms with Crippen molar-refractivity contribution in [2.45, 2.75) is 17.3 Å². The van der Waals surface area contributed by atoms with Crippen molar-refractivity contribution in [2.24, 2.45) is 5.10 Å². The van der Waals surface area contributed by atoms with Gasteiger partial charge >= 0.3 is 0 Å². The van der Waals surface area contributed by atoms with Crippen LogP contribution in [0.5, 0.6) is 0 Å². The Labute approximate surface area is 119 Å². The van der Waals surface area contributed by atoms with Crippen LogP contribution < -0.4 is 0 Å². The topological polar surface area (TPSA) is 74.9 Å². The summed E-state index contributed by atoms with van der Waals surface area (Å²) in [7, 11) is 1.83. The van der Waals surface area contributed by atoms with Crippen LogP contribution in [0, 0.1) is 10.1 Å². The molecule has 1 aliphatic rings. The highest BCUT2D eigenvalue weighted by Gasteiger charge is 2.24. The Morgan fingerprint density at radius 3 is 3.05 bits per heavy atom. The fourth-order valence-electron chi connectivity index (χ4n) is 1.95. The Hall–Kier alpha value is -1.35. The molecule has 1 fully saturated rings. The lowest BCUT2D eigenvalue weighted by Gasteiger charge is -2.34. The molecule has 0 aliphatic carbocycles. The number of nitrogens with zero attached hydrogens (tertiary/aromatic N) is 5. The number of nitro groups is 1. The zero-order chi connectivity index (χ0) is 13.8. The molecule has 1 aromatic heterocycles. The molecule has 19 heavy (non-hydrogen) atoms. The van der Waals surface area contributed by atoms with Crippen LogP contribution in [0.25, 0.3) is 0 Å². The molecule has 7 nitrogen and oxygen atoms in total. The SMILES string of the molecule is CSc1ncc(CN2CCCN(C)C2=N[N+](=O)[O-])s1. The molecule has 1 aromatic rings. The zero-order valence-corrected chi connectivity index (χ0v) is 12.4. The van der Waals surface area contributed by atoms with Gasteiger partial charge in [-0.15, -0.1) is 11.3 Å². The molecule has 1 aliphatic heterocycles. The minimum Gasteiger partial charge on any atom is -0.341 e. The van der Waals surface area contributed by atoms with E-state index >= 15 is 0 Å². The standard InChI is InChI=1S/C10H15N5O2S2/c1-13-4-3-5-14(9(13)12-15(16)17)7-8-6-11-10(18-2)19-8/h6H,3-5,7H2,1-2H3. The first-order valence-electron chi connectivity index (χ1n) is 5.78. The van der Waals surface area contributed by atoms with E-state index in [0.29, 0.717) is 12.5 Å². The maximum absolute atomic E-state index is 10.6. The monoisotopic (exact) mass is 301 g/mol. The quantitative estimate of drug-likeness (QED) is 0.477. The summed E-state index contributed by atoms with van der Waals surface area (Å²) >= 11 is 3.22. The molecule has 0 aromatic carbocycles. The summed E-state index contributed by atoms with van der Waals surface area (Å²) in [6.45, 7) is 2.20. The van der Waals surface area contributed by atoms with E-state index in [2.05, 4.69) is 10.1 Å². The summed E-state index contributed by atoms with van der Waals surface area (Å²) < 4.78 is 1.01. The Morgan fingerprint density at radius 2 is 2.42 bits per heavy atom. The van der Waals surface area contributed by atoms with Gasteiger partial charge in [0.05, 0.1) is 6.54 Å². The van der Waals surface area contributed by atoms with Gasteiger partial charge in [-0.3, -0.25) is 0 Å². The van der Waals surface area contributed by atoms with Crippen LogP contribution >= 0.6 is 23.1 Å². The van der Waals surface area contributed by atoms with Crippen LogP contribution in [-0.4, -0.2) is 52.2 Å². The maximum atomic E-state index is 10.6. The van der Waals surface area contributed by atoms with Gasteiger partial charge in [0.15, 0.2) is 5.03 Å². The number of hydrazone groups is 1. The lowest BCUT2D eigenvalue weighted by Crippen LogP contribution is -2.48. The molecule has 0 unspecified atom stereocenters. The number of thiazole rings is 1. The summed E-state index contributed by atoms with van der Waals surface area (Å²) in [4.78, 5) is 19.7. The van der Waals surface area contributed by atoms with E-state index < -0.39 is 5.03 Å². The van der Waals surface area contributed by atoms with Gasteiger partial charge in [0.2, 0.25) is 0 Å². The van der Waals surface area contributed by atoms with Gasteiger partial charge in [-0.2, -0.15) is 0 Å². The van der Waals surface area contributed by atoms with E-state index in [1.807, 2.05) is 29.3 Å². The summed E-state index contributed by atoms with van der Waals surface area (Å²) in [5, 5.41) is 13.5. The van der Waals surface area contributed by atoms with E-state index in [4.69, 9.17) is 0 Å². The molecular weight excluding hydrogens is 286 g/mol. The van der Waals surface area contributed by atoms with Gasteiger partial charge in [0.1, 0.15) is 9.44 Å². The van der Waals surface area contributed by atoms with E-state index in [1.54, 1.807) is 23.1 Å². The first kappa shape index (κ1) is 14.1. The highest BCUT2D eigenvalue weighted by Crippen LogP contribution is 2.23. The van der Waals surface area contributed by atoms with Crippen molar-refractivity contribution in [3.8, 4) is 0 Å². The molecule has 0 amide bonds. The molecule has 2 heterocycles. The molecule has 0 bridgehead atoms. The number of thioether (sulfide) groups is 1.